The first-order valence-corrected chi connectivity index (χ1v) is 8.67. The summed E-state index contributed by atoms with van der Waals surface area (Å²) in [6.45, 7) is 2.26. The summed E-state index contributed by atoms with van der Waals surface area (Å²) >= 11 is 5.72. The zero-order valence-corrected chi connectivity index (χ0v) is 14.3. The van der Waals surface area contributed by atoms with E-state index in [0.29, 0.717) is 11.7 Å². The van der Waals surface area contributed by atoms with Crippen LogP contribution in [0.5, 0.6) is 0 Å². The van der Waals surface area contributed by atoms with Crippen LogP contribution in [0.1, 0.15) is 11.1 Å². The number of sulfonamides is 1. The molecule has 0 aliphatic carbocycles. The lowest BCUT2D eigenvalue weighted by atomic mass is 10.2. The Morgan fingerprint density at radius 2 is 1.91 bits per heavy atom. The molecule has 0 unspecified atom stereocenters. The number of guanidine groups is 1. The fraction of sp³-hybridized carbons (Fsp3) is 0.200. The van der Waals surface area contributed by atoms with E-state index >= 15 is 0 Å². The molecule has 122 valence electrons. The Morgan fingerprint density at radius 3 is 2.48 bits per heavy atom. The number of aliphatic imine (C=N–C) groups is 1. The van der Waals surface area contributed by atoms with Crippen LogP contribution < -0.4 is 10.0 Å². The predicted octanol–water partition coefficient (Wildman–Crippen LogP) is 2.10. The van der Waals surface area contributed by atoms with E-state index in [1.165, 1.54) is 7.05 Å². The highest BCUT2D eigenvalue weighted by Crippen LogP contribution is 2.10. The van der Waals surface area contributed by atoms with Gasteiger partial charge in [-0.2, -0.15) is 0 Å². The number of nitrogens with zero attached hydrogens (tertiary/aromatic N) is 2. The average molecular weight is 353 g/mol. The van der Waals surface area contributed by atoms with E-state index < -0.39 is 10.0 Å². The Bertz CT molecular complexity index is 787. The van der Waals surface area contributed by atoms with Crippen LogP contribution in [-0.4, -0.2) is 26.4 Å². The van der Waals surface area contributed by atoms with Crippen LogP contribution in [-0.2, 0) is 16.6 Å². The summed E-state index contributed by atoms with van der Waals surface area (Å²) in [4.78, 5) is 8.06. The van der Waals surface area contributed by atoms with E-state index in [1.54, 1.807) is 42.6 Å². The second kappa shape index (κ2) is 7.43. The van der Waals surface area contributed by atoms with Crippen molar-refractivity contribution in [1.29, 1.82) is 0 Å². The number of nitrogens with one attached hydrogen (secondary N) is 2. The van der Waals surface area contributed by atoms with Crippen molar-refractivity contribution >= 4 is 27.6 Å². The smallest absolute Gasteiger partial charge is 0.264 e. The number of hydrogen-bond donors (Lipinski definition) is 2. The number of halogens is 1. The molecule has 2 rings (SSSR count). The molecule has 2 N–H and O–H groups in total. The topological polar surface area (TPSA) is 83.4 Å². The quantitative estimate of drug-likeness (QED) is 0.501. The van der Waals surface area contributed by atoms with Gasteiger partial charge in [0.25, 0.3) is 10.0 Å². The number of rotatable bonds is 4. The number of benzene rings is 1. The minimum absolute atomic E-state index is 0.153. The van der Waals surface area contributed by atoms with Gasteiger partial charge in [-0.1, -0.05) is 35.4 Å². The first-order chi connectivity index (χ1) is 10.9. The Hall–Kier alpha value is -2.12. The van der Waals surface area contributed by atoms with Crippen LogP contribution in [0.25, 0.3) is 0 Å². The van der Waals surface area contributed by atoms with E-state index in [4.69, 9.17) is 11.6 Å². The lowest BCUT2D eigenvalue weighted by molar-refractivity contribution is 0.591. The van der Waals surface area contributed by atoms with E-state index in [2.05, 4.69) is 20.0 Å². The Labute approximate surface area is 140 Å². The summed E-state index contributed by atoms with van der Waals surface area (Å²) in [5.74, 6) is 0.153. The lowest BCUT2D eigenvalue weighted by Gasteiger charge is -2.12. The molecule has 0 radical (unpaired) electrons. The van der Waals surface area contributed by atoms with Crippen molar-refractivity contribution in [1.82, 2.24) is 15.0 Å². The zero-order valence-electron chi connectivity index (χ0n) is 12.7. The van der Waals surface area contributed by atoms with Crippen LogP contribution >= 0.6 is 11.6 Å². The molecule has 0 bridgehead atoms. The van der Waals surface area contributed by atoms with Gasteiger partial charge in [0.15, 0.2) is 0 Å². The molecule has 0 aliphatic rings. The lowest BCUT2D eigenvalue weighted by Crippen LogP contribution is -2.40. The van der Waals surface area contributed by atoms with Gasteiger partial charge in [0.1, 0.15) is 5.15 Å². The maximum absolute atomic E-state index is 12.3. The maximum atomic E-state index is 12.3. The summed E-state index contributed by atoms with van der Waals surface area (Å²) in [5.41, 5.74) is 1.84. The van der Waals surface area contributed by atoms with Gasteiger partial charge < -0.3 is 5.32 Å². The van der Waals surface area contributed by atoms with Crippen molar-refractivity contribution in [3.8, 4) is 0 Å². The molecule has 2 aromatic rings. The van der Waals surface area contributed by atoms with E-state index in [0.717, 1.165) is 11.1 Å². The highest BCUT2D eigenvalue weighted by atomic mass is 35.5. The summed E-state index contributed by atoms with van der Waals surface area (Å²) in [7, 11) is -2.18. The van der Waals surface area contributed by atoms with Gasteiger partial charge in [-0.05, 0) is 30.7 Å². The van der Waals surface area contributed by atoms with Crippen LogP contribution in [0.2, 0.25) is 5.15 Å². The monoisotopic (exact) mass is 352 g/mol. The molecule has 6 nitrogen and oxygen atoms in total. The second-order valence-electron chi connectivity index (χ2n) is 4.83. The van der Waals surface area contributed by atoms with Crippen LogP contribution in [0.3, 0.4) is 0 Å². The molecule has 1 heterocycles. The van der Waals surface area contributed by atoms with Gasteiger partial charge >= 0.3 is 0 Å². The Balaban J connectivity index is 2.04. The largest absolute Gasteiger partial charge is 0.351 e. The molecular formula is C15H17ClN4O2S. The fourth-order valence-electron chi connectivity index (χ4n) is 1.76. The minimum Gasteiger partial charge on any atom is -0.351 e. The van der Waals surface area contributed by atoms with Crippen LogP contribution in [0.15, 0.2) is 52.5 Å². The normalized spacial score (nSPS) is 12.0. The van der Waals surface area contributed by atoms with Crippen LogP contribution in [0.4, 0.5) is 0 Å². The fourth-order valence-corrected chi connectivity index (χ4v) is 2.90. The number of pyridine rings is 1. The minimum atomic E-state index is -3.68. The van der Waals surface area contributed by atoms with Crippen molar-refractivity contribution in [2.75, 3.05) is 7.05 Å². The summed E-state index contributed by atoms with van der Waals surface area (Å²) in [5, 5.41) is 3.32. The predicted molar refractivity (Wildman–Crippen MR) is 90.9 cm³/mol. The van der Waals surface area contributed by atoms with Gasteiger partial charge in [0, 0.05) is 19.8 Å². The van der Waals surface area contributed by atoms with Gasteiger partial charge in [0.2, 0.25) is 5.96 Å². The summed E-state index contributed by atoms with van der Waals surface area (Å²) in [6, 6.07) is 10.0. The maximum Gasteiger partial charge on any atom is 0.264 e. The van der Waals surface area contributed by atoms with Crippen molar-refractivity contribution in [2.45, 2.75) is 18.4 Å². The van der Waals surface area contributed by atoms with Gasteiger partial charge in [-0.3, -0.25) is 4.99 Å². The molecule has 0 saturated heterocycles. The summed E-state index contributed by atoms with van der Waals surface area (Å²) in [6.07, 6.45) is 1.61. The SMILES string of the molecule is CN=C(NCc1ccc(Cl)nc1)NS(=O)(=O)c1ccc(C)cc1. The first-order valence-electron chi connectivity index (χ1n) is 6.81. The Kier molecular flexibility index (Phi) is 5.57. The van der Waals surface area contributed by atoms with Crippen molar-refractivity contribution in [2.24, 2.45) is 4.99 Å². The van der Waals surface area contributed by atoms with Gasteiger partial charge in [-0.25, -0.2) is 18.1 Å². The second-order valence-corrected chi connectivity index (χ2v) is 6.90. The zero-order chi connectivity index (χ0) is 16.9. The van der Waals surface area contributed by atoms with Crippen molar-refractivity contribution in [3.05, 3.63) is 58.9 Å². The number of aromatic nitrogens is 1. The standard InChI is InChI=1S/C15H17ClN4O2S/c1-11-3-6-13(7-4-11)23(21,22)20-15(17-2)19-10-12-5-8-14(16)18-9-12/h3-9H,10H2,1-2H3,(H2,17,19,20). The molecule has 8 heteroatoms. The third-order valence-corrected chi connectivity index (χ3v) is 4.61. The molecule has 0 aliphatic heterocycles. The summed E-state index contributed by atoms with van der Waals surface area (Å²) < 4.78 is 27.0. The highest BCUT2D eigenvalue weighted by molar-refractivity contribution is 7.90. The van der Waals surface area contributed by atoms with Crippen LogP contribution in [0, 0.1) is 6.92 Å². The number of hydrogen-bond acceptors (Lipinski definition) is 4. The van der Waals surface area contributed by atoms with Gasteiger partial charge in [-0.15, -0.1) is 0 Å². The number of aryl methyl sites for hydroxylation is 1. The molecule has 1 aromatic heterocycles. The average Bonchev–Trinajstić information content (AvgIpc) is 2.53. The molecular weight excluding hydrogens is 336 g/mol. The van der Waals surface area contributed by atoms with Gasteiger partial charge in [0.05, 0.1) is 4.90 Å². The Morgan fingerprint density at radius 1 is 1.22 bits per heavy atom. The third-order valence-electron chi connectivity index (χ3n) is 3.03. The first kappa shape index (κ1) is 17.2. The van der Waals surface area contributed by atoms with Crippen molar-refractivity contribution < 1.29 is 8.42 Å². The molecule has 0 amide bonds. The van der Waals surface area contributed by atoms with E-state index in [-0.39, 0.29) is 10.9 Å². The third kappa shape index (κ3) is 4.94. The van der Waals surface area contributed by atoms with E-state index in [1.807, 2.05) is 6.92 Å². The molecule has 23 heavy (non-hydrogen) atoms. The molecule has 0 spiro atoms. The molecule has 1 aromatic carbocycles. The van der Waals surface area contributed by atoms with Crippen molar-refractivity contribution in [3.63, 3.8) is 0 Å². The molecule has 0 fully saturated rings. The molecule has 0 atom stereocenters. The highest BCUT2D eigenvalue weighted by Gasteiger charge is 2.15. The van der Waals surface area contributed by atoms with E-state index in [9.17, 15) is 8.42 Å². The molecule has 0 saturated carbocycles.